The van der Waals surface area contributed by atoms with Crippen molar-refractivity contribution in [3.05, 3.63) is 0 Å². The summed E-state index contributed by atoms with van der Waals surface area (Å²) in [5.41, 5.74) is 0. The van der Waals surface area contributed by atoms with Gasteiger partial charge in [0.1, 0.15) is 0 Å². The number of nitrogens with zero attached hydrogens (tertiary/aromatic N) is 1. The number of unbranched alkanes of at least 4 members (excludes halogenated alkanes) is 12. The molecule has 0 bridgehead atoms. The van der Waals surface area contributed by atoms with Gasteiger partial charge in [-0.1, -0.05) is 111 Å². The monoisotopic (exact) mass is 353 g/mol. The fourth-order valence-corrected chi connectivity index (χ4v) is 3.63. The summed E-state index contributed by atoms with van der Waals surface area (Å²) in [6, 6.07) is 0. The molecule has 0 saturated carbocycles. The van der Waals surface area contributed by atoms with Crippen molar-refractivity contribution in [3.8, 4) is 0 Å². The van der Waals surface area contributed by atoms with Crippen LogP contribution in [0.1, 0.15) is 130 Å². The molecule has 0 heterocycles. The van der Waals surface area contributed by atoms with Gasteiger partial charge in [0.15, 0.2) is 0 Å². The normalized spacial score (nSPS) is 11.8. The van der Waals surface area contributed by atoms with Crippen molar-refractivity contribution in [2.45, 2.75) is 130 Å². The molecule has 1 heteroatoms. The predicted molar refractivity (Wildman–Crippen MR) is 116 cm³/mol. The van der Waals surface area contributed by atoms with Crippen molar-refractivity contribution >= 4 is 0 Å². The van der Waals surface area contributed by atoms with Crippen LogP contribution in [0.15, 0.2) is 0 Å². The molecule has 0 aromatic carbocycles. The van der Waals surface area contributed by atoms with E-state index in [2.05, 4.69) is 32.6 Å². The molecule has 152 valence electrons. The van der Waals surface area contributed by atoms with Crippen LogP contribution in [0.3, 0.4) is 0 Å². The van der Waals surface area contributed by atoms with Crippen molar-refractivity contribution in [1.82, 2.24) is 4.90 Å². The lowest BCUT2D eigenvalue weighted by Crippen LogP contribution is -2.27. The highest BCUT2D eigenvalue weighted by atomic mass is 15.1. The first-order chi connectivity index (χ1) is 12.2. The zero-order valence-electron chi connectivity index (χ0n) is 18.5. The smallest absolute Gasteiger partial charge is 0.00187 e. The molecule has 0 aromatic heterocycles. The lowest BCUT2D eigenvalue weighted by atomic mass is 10.0. The van der Waals surface area contributed by atoms with E-state index < -0.39 is 0 Å². The van der Waals surface area contributed by atoms with Crippen molar-refractivity contribution in [3.63, 3.8) is 0 Å². The molecule has 0 N–H and O–H groups in total. The van der Waals surface area contributed by atoms with Crippen LogP contribution in [0.4, 0.5) is 0 Å². The molecule has 0 radical (unpaired) electrons. The maximum Gasteiger partial charge on any atom is -0.00187 e. The van der Waals surface area contributed by atoms with Gasteiger partial charge in [0.05, 0.1) is 0 Å². The van der Waals surface area contributed by atoms with Gasteiger partial charge in [-0.05, 0) is 44.8 Å². The van der Waals surface area contributed by atoms with Crippen molar-refractivity contribution < 1.29 is 0 Å². The Hall–Kier alpha value is -0.0400. The van der Waals surface area contributed by atoms with Crippen molar-refractivity contribution in [2.24, 2.45) is 5.92 Å². The van der Waals surface area contributed by atoms with E-state index in [1.807, 2.05) is 0 Å². The van der Waals surface area contributed by atoms with Crippen molar-refractivity contribution in [1.29, 1.82) is 0 Å². The van der Waals surface area contributed by atoms with Gasteiger partial charge in [-0.2, -0.15) is 0 Å². The molecule has 0 spiro atoms. The van der Waals surface area contributed by atoms with Gasteiger partial charge in [0.2, 0.25) is 0 Å². The van der Waals surface area contributed by atoms with E-state index in [4.69, 9.17) is 0 Å². The zero-order valence-corrected chi connectivity index (χ0v) is 18.5. The zero-order chi connectivity index (χ0) is 18.6. The van der Waals surface area contributed by atoms with E-state index in [1.54, 1.807) is 0 Å². The topological polar surface area (TPSA) is 3.24 Å². The fraction of sp³-hybridized carbons (Fsp3) is 1.00. The van der Waals surface area contributed by atoms with Gasteiger partial charge in [-0.25, -0.2) is 0 Å². The Labute approximate surface area is 161 Å². The molecule has 25 heavy (non-hydrogen) atoms. The SMILES string of the molecule is CCCCCCCN(CCCCCCC)CCCCCCCC(C)C. The Morgan fingerprint density at radius 1 is 0.480 bits per heavy atom. The number of hydrogen-bond donors (Lipinski definition) is 0. The van der Waals surface area contributed by atoms with E-state index >= 15 is 0 Å². The van der Waals surface area contributed by atoms with Gasteiger partial charge in [-0.15, -0.1) is 0 Å². The summed E-state index contributed by atoms with van der Waals surface area (Å²) in [5, 5.41) is 0. The minimum absolute atomic E-state index is 0.885. The standard InChI is InChI=1S/C24H51N/c1-5-7-9-13-17-21-25(22-18-14-10-8-6-2)23-19-15-11-12-16-20-24(3)4/h24H,5-23H2,1-4H3. The largest absolute Gasteiger partial charge is 0.303 e. The third kappa shape index (κ3) is 20.1. The highest BCUT2D eigenvalue weighted by Crippen LogP contribution is 2.12. The van der Waals surface area contributed by atoms with E-state index in [0.29, 0.717) is 0 Å². The van der Waals surface area contributed by atoms with E-state index in [1.165, 1.54) is 122 Å². The molecular formula is C24H51N. The summed E-state index contributed by atoms with van der Waals surface area (Å²) in [7, 11) is 0. The minimum atomic E-state index is 0.885. The lowest BCUT2D eigenvalue weighted by Gasteiger charge is -2.22. The Morgan fingerprint density at radius 3 is 1.24 bits per heavy atom. The Morgan fingerprint density at radius 2 is 0.840 bits per heavy atom. The van der Waals surface area contributed by atoms with Crippen LogP contribution in [0.5, 0.6) is 0 Å². The number of rotatable bonds is 20. The quantitative estimate of drug-likeness (QED) is 0.199. The highest BCUT2D eigenvalue weighted by molar-refractivity contribution is 4.60. The molecule has 0 unspecified atom stereocenters. The summed E-state index contributed by atoms with van der Waals surface area (Å²) in [5.74, 6) is 0.885. The lowest BCUT2D eigenvalue weighted by molar-refractivity contribution is 0.254. The van der Waals surface area contributed by atoms with E-state index in [0.717, 1.165) is 5.92 Å². The first kappa shape index (κ1) is 25.0. The molecule has 0 fully saturated rings. The average Bonchev–Trinajstić information content (AvgIpc) is 2.59. The summed E-state index contributed by atoms with van der Waals surface area (Å²) in [4.78, 5) is 2.78. The van der Waals surface area contributed by atoms with E-state index in [-0.39, 0.29) is 0 Å². The third-order valence-electron chi connectivity index (χ3n) is 5.41. The molecule has 0 rings (SSSR count). The second-order valence-electron chi connectivity index (χ2n) is 8.62. The minimum Gasteiger partial charge on any atom is -0.303 e. The van der Waals surface area contributed by atoms with Crippen LogP contribution >= 0.6 is 0 Å². The van der Waals surface area contributed by atoms with Crippen LogP contribution < -0.4 is 0 Å². The van der Waals surface area contributed by atoms with Gasteiger partial charge in [0, 0.05) is 0 Å². The van der Waals surface area contributed by atoms with Crippen LogP contribution in [0.2, 0.25) is 0 Å². The highest BCUT2D eigenvalue weighted by Gasteiger charge is 2.05. The second kappa shape index (κ2) is 20.3. The van der Waals surface area contributed by atoms with Gasteiger partial charge in [0.25, 0.3) is 0 Å². The molecule has 0 amide bonds. The maximum atomic E-state index is 2.78. The van der Waals surface area contributed by atoms with Crippen LogP contribution in [-0.4, -0.2) is 24.5 Å². The van der Waals surface area contributed by atoms with E-state index in [9.17, 15) is 0 Å². The van der Waals surface area contributed by atoms with Crippen LogP contribution in [-0.2, 0) is 0 Å². The van der Waals surface area contributed by atoms with Crippen molar-refractivity contribution in [2.75, 3.05) is 19.6 Å². The molecule has 0 aromatic rings. The molecular weight excluding hydrogens is 302 g/mol. The summed E-state index contributed by atoms with van der Waals surface area (Å²) < 4.78 is 0. The molecule has 0 aliphatic heterocycles. The van der Waals surface area contributed by atoms with Gasteiger partial charge in [-0.3, -0.25) is 0 Å². The molecule has 0 aliphatic rings. The van der Waals surface area contributed by atoms with Crippen LogP contribution in [0, 0.1) is 5.92 Å². The third-order valence-corrected chi connectivity index (χ3v) is 5.41. The first-order valence-corrected chi connectivity index (χ1v) is 11.9. The fourth-order valence-electron chi connectivity index (χ4n) is 3.63. The maximum absolute atomic E-state index is 2.78. The number of hydrogen-bond acceptors (Lipinski definition) is 1. The van der Waals surface area contributed by atoms with Gasteiger partial charge >= 0.3 is 0 Å². The Bertz CT molecular complexity index is 222. The summed E-state index contributed by atoms with van der Waals surface area (Å²) in [6.07, 6.45) is 22.8. The molecule has 0 aliphatic carbocycles. The molecule has 0 atom stereocenters. The molecule has 0 saturated heterocycles. The molecule has 1 nitrogen and oxygen atoms in total. The Balaban J connectivity index is 3.75. The van der Waals surface area contributed by atoms with Gasteiger partial charge < -0.3 is 4.90 Å². The first-order valence-electron chi connectivity index (χ1n) is 11.9. The summed E-state index contributed by atoms with van der Waals surface area (Å²) in [6.45, 7) is 13.4. The summed E-state index contributed by atoms with van der Waals surface area (Å²) >= 11 is 0. The predicted octanol–water partition coefficient (Wildman–Crippen LogP) is 8.23. The van der Waals surface area contributed by atoms with Crippen LogP contribution in [0.25, 0.3) is 0 Å². The second-order valence-corrected chi connectivity index (χ2v) is 8.62. The average molecular weight is 354 g/mol. The Kier molecular flexibility index (Phi) is 20.2.